The van der Waals surface area contributed by atoms with Gasteiger partial charge in [0, 0.05) is 29.1 Å². The Morgan fingerprint density at radius 1 is 1.30 bits per heavy atom. The summed E-state index contributed by atoms with van der Waals surface area (Å²) in [7, 11) is 0. The molecule has 0 spiro atoms. The number of carbonyl (C=O) groups excluding carboxylic acids is 2. The highest BCUT2D eigenvalue weighted by atomic mass is 35.5. The van der Waals surface area contributed by atoms with Crippen LogP contribution < -0.4 is 10.6 Å². The molecule has 1 unspecified atom stereocenters. The summed E-state index contributed by atoms with van der Waals surface area (Å²) in [5.74, 6) is 0.0718. The first-order valence-corrected chi connectivity index (χ1v) is 11.6. The zero-order valence-electron chi connectivity index (χ0n) is 17.7. The third-order valence-corrected chi connectivity index (χ3v) is 6.31. The number of halogens is 1. The Labute approximate surface area is 187 Å². The van der Waals surface area contributed by atoms with Gasteiger partial charge in [0.1, 0.15) is 6.04 Å². The van der Waals surface area contributed by atoms with Crippen LogP contribution in [0, 0.1) is 11.8 Å². The highest BCUT2D eigenvalue weighted by Crippen LogP contribution is 2.21. The number of hydrogen-bond donors (Lipinski definition) is 2. The number of rotatable bonds is 7. The molecule has 2 heterocycles. The molecule has 8 heteroatoms. The molecular weight excluding hydrogens is 420 g/mol. The van der Waals surface area contributed by atoms with Crippen molar-refractivity contribution in [3.05, 3.63) is 45.9 Å². The third kappa shape index (κ3) is 6.27. The van der Waals surface area contributed by atoms with Gasteiger partial charge in [-0.2, -0.15) is 0 Å². The quantitative estimate of drug-likeness (QED) is 0.657. The van der Waals surface area contributed by atoms with E-state index in [1.165, 1.54) is 24.2 Å². The maximum Gasteiger partial charge on any atom is 0.251 e. The van der Waals surface area contributed by atoms with Crippen molar-refractivity contribution in [3.63, 3.8) is 0 Å². The van der Waals surface area contributed by atoms with Crippen molar-refractivity contribution in [1.29, 1.82) is 0 Å². The van der Waals surface area contributed by atoms with E-state index >= 15 is 0 Å². The summed E-state index contributed by atoms with van der Waals surface area (Å²) in [5, 5.41) is 8.81. The van der Waals surface area contributed by atoms with E-state index < -0.39 is 6.04 Å². The van der Waals surface area contributed by atoms with Crippen molar-refractivity contribution in [2.45, 2.75) is 46.2 Å². The second-order valence-corrected chi connectivity index (χ2v) is 9.61. The minimum atomic E-state index is -0.663. The van der Waals surface area contributed by atoms with Crippen molar-refractivity contribution in [2.75, 3.05) is 18.4 Å². The molecule has 1 aromatic heterocycles. The first-order chi connectivity index (χ1) is 14.3. The molecular formula is C22H29ClN4O2S. The summed E-state index contributed by atoms with van der Waals surface area (Å²) in [6, 6.07) is 5.93. The number of nitrogens with zero attached hydrogens (tertiary/aromatic N) is 2. The van der Waals surface area contributed by atoms with Gasteiger partial charge in [-0.3, -0.25) is 14.5 Å². The lowest BCUT2D eigenvalue weighted by atomic mass is 10.0. The molecule has 0 saturated carbocycles. The second kappa shape index (κ2) is 10.4. The maximum absolute atomic E-state index is 12.8. The Bertz CT molecular complexity index is 868. The van der Waals surface area contributed by atoms with E-state index in [1.54, 1.807) is 24.3 Å². The molecule has 2 atom stereocenters. The minimum Gasteiger partial charge on any atom is -0.340 e. The molecule has 6 nitrogen and oxygen atoms in total. The van der Waals surface area contributed by atoms with Gasteiger partial charge >= 0.3 is 0 Å². The average Bonchev–Trinajstić information content (AvgIpc) is 3.12. The fraction of sp³-hybridized carbons (Fsp3) is 0.500. The molecule has 0 radical (unpaired) electrons. The molecule has 1 aliphatic rings. The van der Waals surface area contributed by atoms with Gasteiger partial charge in [-0.25, -0.2) is 4.98 Å². The number of anilines is 1. The summed E-state index contributed by atoms with van der Waals surface area (Å²) >= 11 is 7.30. The number of piperidine rings is 1. The van der Waals surface area contributed by atoms with Gasteiger partial charge < -0.3 is 10.6 Å². The lowest BCUT2D eigenvalue weighted by Crippen LogP contribution is -2.47. The SMILES string of the molecule is CC1CCCN(Cc2csc(NC(=O)[C@@H](NC(=O)c3ccc(Cl)cc3)C(C)C)n2)C1. The molecule has 0 aliphatic carbocycles. The Balaban J connectivity index is 1.59. The van der Waals surface area contributed by atoms with Gasteiger partial charge in [0.05, 0.1) is 5.69 Å². The van der Waals surface area contributed by atoms with E-state index in [9.17, 15) is 9.59 Å². The van der Waals surface area contributed by atoms with Crippen molar-refractivity contribution in [3.8, 4) is 0 Å². The van der Waals surface area contributed by atoms with Crippen LogP contribution in [0.3, 0.4) is 0 Å². The Hall–Kier alpha value is -1.96. The van der Waals surface area contributed by atoms with E-state index in [2.05, 4.69) is 27.4 Å². The highest BCUT2D eigenvalue weighted by Gasteiger charge is 2.26. The number of carbonyl (C=O) groups is 2. The number of hydrogen-bond acceptors (Lipinski definition) is 5. The predicted molar refractivity (Wildman–Crippen MR) is 122 cm³/mol. The molecule has 30 heavy (non-hydrogen) atoms. The van der Waals surface area contributed by atoms with Gasteiger partial charge in [-0.05, 0) is 55.5 Å². The van der Waals surface area contributed by atoms with E-state index in [-0.39, 0.29) is 17.7 Å². The Kier molecular flexibility index (Phi) is 7.86. The van der Waals surface area contributed by atoms with Crippen LogP contribution in [0.1, 0.15) is 49.7 Å². The number of thiazole rings is 1. The predicted octanol–water partition coefficient (Wildman–Crippen LogP) is 4.42. The van der Waals surface area contributed by atoms with Gasteiger partial charge in [-0.1, -0.05) is 32.4 Å². The van der Waals surface area contributed by atoms with Crippen LogP contribution in [0.4, 0.5) is 5.13 Å². The maximum atomic E-state index is 12.8. The number of likely N-dealkylation sites (tertiary alicyclic amines) is 1. The lowest BCUT2D eigenvalue weighted by Gasteiger charge is -2.30. The second-order valence-electron chi connectivity index (χ2n) is 8.32. The smallest absolute Gasteiger partial charge is 0.251 e. The summed E-state index contributed by atoms with van der Waals surface area (Å²) in [6.45, 7) is 9.07. The fourth-order valence-electron chi connectivity index (χ4n) is 3.64. The van der Waals surface area contributed by atoms with Crippen molar-refractivity contribution in [1.82, 2.24) is 15.2 Å². The molecule has 2 aromatic rings. The first-order valence-electron chi connectivity index (χ1n) is 10.4. The highest BCUT2D eigenvalue weighted by molar-refractivity contribution is 7.13. The third-order valence-electron chi connectivity index (χ3n) is 5.25. The molecule has 2 N–H and O–H groups in total. The van der Waals surface area contributed by atoms with Crippen LogP contribution in [0.25, 0.3) is 0 Å². The van der Waals surface area contributed by atoms with Crippen LogP contribution >= 0.6 is 22.9 Å². The number of aromatic nitrogens is 1. The summed E-state index contributed by atoms with van der Waals surface area (Å²) in [5.41, 5.74) is 1.43. The molecule has 1 aromatic carbocycles. The first kappa shape index (κ1) is 22.7. The molecule has 1 saturated heterocycles. The summed E-state index contributed by atoms with van der Waals surface area (Å²) in [4.78, 5) is 32.3. The van der Waals surface area contributed by atoms with Gasteiger partial charge in [0.25, 0.3) is 5.91 Å². The Morgan fingerprint density at radius 3 is 2.70 bits per heavy atom. The largest absolute Gasteiger partial charge is 0.340 e. The Morgan fingerprint density at radius 2 is 2.03 bits per heavy atom. The number of amides is 2. The monoisotopic (exact) mass is 448 g/mol. The van der Waals surface area contributed by atoms with Crippen LogP contribution in [0.5, 0.6) is 0 Å². The van der Waals surface area contributed by atoms with Gasteiger partial charge in [0.15, 0.2) is 5.13 Å². The summed E-state index contributed by atoms with van der Waals surface area (Å²) < 4.78 is 0. The average molecular weight is 449 g/mol. The van der Waals surface area contributed by atoms with Crippen molar-refractivity contribution >= 4 is 39.9 Å². The van der Waals surface area contributed by atoms with Gasteiger partial charge in [-0.15, -0.1) is 11.3 Å². The topological polar surface area (TPSA) is 74.3 Å². The zero-order chi connectivity index (χ0) is 21.7. The minimum absolute atomic E-state index is 0.0736. The molecule has 162 valence electrons. The lowest BCUT2D eigenvalue weighted by molar-refractivity contribution is -0.118. The fourth-order valence-corrected chi connectivity index (χ4v) is 4.47. The van der Waals surface area contributed by atoms with E-state index in [1.807, 2.05) is 19.2 Å². The van der Waals surface area contributed by atoms with E-state index in [0.29, 0.717) is 21.6 Å². The van der Waals surface area contributed by atoms with Gasteiger partial charge in [0.2, 0.25) is 5.91 Å². The standard InChI is InChI=1S/C22H29ClN4O2S/c1-14(2)19(25-20(28)16-6-8-17(23)9-7-16)21(29)26-22-24-18(13-30-22)12-27-10-4-5-15(3)11-27/h6-9,13-15,19H,4-5,10-12H2,1-3H3,(H,25,28)(H,24,26,29)/t15?,19-/m0/s1. The molecule has 1 fully saturated rings. The number of benzene rings is 1. The van der Waals surface area contributed by atoms with Crippen LogP contribution in [-0.4, -0.2) is 40.8 Å². The van der Waals surface area contributed by atoms with Crippen molar-refractivity contribution < 1.29 is 9.59 Å². The van der Waals surface area contributed by atoms with Crippen LogP contribution in [0.2, 0.25) is 5.02 Å². The summed E-state index contributed by atoms with van der Waals surface area (Å²) in [6.07, 6.45) is 2.51. The molecule has 1 aliphatic heterocycles. The van der Waals surface area contributed by atoms with Crippen LogP contribution in [-0.2, 0) is 11.3 Å². The zero-order valence-corrected chi connectivity index (χ0v) is 19.2. The molecule has 2 amide bonds. The molecule has 0 bridgehead atoms. The van der Waals surface area contributed by atoms with Crippen molar-refractivity contribution in [2.24, 2.45) is 11.8 Å². The van der Waals surface area contributed by atoms with Crippen LogP contribution in [0.15, 0.2) is 29.6 Å². The number of nitrogens with one attached hydrogen (secondary N) is 2. The normalized spacial score (nSPS) is 18.2. The van der Waals surface area contributed by atoms with E-state index in [0.717, 1.165) is 25.3 Å². The van der Waals surface area contributed by atoms with E-state index in [4.69, 9.17) is 11.6 Å². The molecule has 3 rings (SSSR count).